The number of rotatable bonds is 7. The van der Waals surface area contributed by atoms with Gasteiger partial charge in [0.2, 0.25) is 0 Å². The number of aliphatic hydroxyl groups is 1. The van der Waals surface area contributed by atoms with Gasteiger partial charge in [0.05, 0.1) is 6.10 Å². The van der Waals surface area contributed by atoms with Crippen molar-refractivity contribution < 1.29 is 9.84 Å². The van der Waals surface area contributed by atoms with Crippen molar-refractivity contribution in [2.75, 3.05) is 0 Å². The first-order valence-electron chi connectivity index (χ1n) is 11.1. The van der Waals surface area contributed by atoms with Crippen molar-refractivity contribution in [3.8, 4) is 29.2 Å². The van der Waals surface area contributed by atoms with Gasteiger partial charge in [0.15, 0.2) is 0 Å². The van der Waals surface area contributed by atoms with Crippen LogP contribution < -0.4 is 10.5 Å². The van der Waals surface area contributed by atoms with Gasteiger partial charge in [-0.15, -0.1) is 6.42 Å². The monoisotopic (exact) mass is 428 g/mol. The molecule has 166 valence electrons. The number of hydrogen-bond acceptors (Lipinski definition) is 4. The van der Waals surface area contributed by atoms with Gasteiger partial charge in [0.25, 0.3) is 0 Å². The number of allylic oxidation sites excluding steroid dienone is 4. The van der Waals surface area contributed by atoms with Crippen LogP contribution in [0.4, 0.5) is 0 Å². The largest absolute Gasteiger partial charge is 0.461 e. The van der Waals surface area contributed by atoms with Crippen molar-refractivity contribution >= 4 is 5.71 Å². The molecule has 1 aliphatic rings. The summed E-state index contributed by atoms with van der Waals surface area (Å²) in [6.45, 7) is 8.03. The Balaban J connectivity index is 1.92. The first kappa shape index (κ1) is 23.5. The van der Waals surface area contributed by atoms with Crippen molar-refractivity contribution in [1.82, 2.24) is 0 Å². The number of fused-ring (bicyclic) bond motifs is 1. The lowest BCUT2D eigenvalue weighted by atomic mass is 9.98. The summed E-state index contributed by atoms with van der Waals surface area (Å²) < 4.78 is 6.23. The van der Waals surface area contributed by atoms with Gasteiger partial charge in [0.1, 0.15) is 11.5 Å². The van der Waals surface area contributed by atoms with Crippen molar-refractivity contribution in [2.24, 2.45) is 10.7 Å². The summed E-state index contributed by atoms with van der Waals surface area (Å²) in [5, 5.41) is 10.3. The Bertz CT molecular complexity index is 1120. The van der Waals surface area contributed by atoms with Crippen molar-refractivity contribution in [2.45, 2.75) is 59.1 Å². The van der Waals surface area contributed by atoms with Crippen LogP contribution in [0.5, 0.6) is 5.75 Å². The third-order valence-electron chi connectivity index (χ3n) is 5.55. The summed E-state index contributed by atoms with van der Waals surface area (Å²) >= 11 is 0. The summed E-state index contributed by atoms with van der Waals surface area (Å²) in [4.78, 5) is 4.62. The minimum Gasteiger partial charge on any atom is -0.461 e. The predicted octanol–water partition coefficient (Wildman–Crippen LogP) is 5.70. The van der Waals surface area contributed by atoms with E-state index in [9.17, 15) is 5.11 Å². The molecule has 2 unspecified atom stereocenters. The van der Waals surface area contributed by atoms with Crippen LogP contribution in [0.3, 0.4) is 0 Å². The molecule has 0 spiro atoms. The maximum absolute atomic E-state index is 10.3. The molecule has 2 aromatic carbocycles. The Morgan fingerprint density at radius 3 is 2.75 bits per heavy atom. The highest BCUT2D eigenvalue weighted by Crippen LogP contribution is 2.37. The number of hydrogen-bond donors (Lipinski definition) is 2. The first-order chi connectivity index (χ1) is 15.3. The molecule has 2 aromatic rings. The van der Waals surface area contributed by atoms with E-state index in [0.717, 1.165) is 57.8 Å². The maximum Gasteiger partial charge on any atom is 0.135 e. The van der Waals surface area contributed by atoms with Gasteiger partial charge in [-0.2, -0.15) is 0 Å². The molecule has 0 heterocycles. The number of aliphatic imine (C=N–C) groups is 1. The molecule has 1 aliphatic carbocycles. The molecule has 0 aromatic heterocycles. The third-order valence-corrected chi connectivity index (χ3v) is 5.55. The molecule has 3 rings (SSSR count). The van der Waals surface area contributed by atoms with E-state index in [-0.39, 0.29) is 6.04 Å². The molecule has 0 saturated heterocycles. The number of terminal acetylenes is 1. The standard InChI is InChI=1S/C28H32N2O2/c1-6-8-9-18(3)30-19(4)14-20(5)32-27-15-21(7-2)10-12-24(27)22-11-13-25-23(16-22)17-26(29)28(25)31/h2,9-16,26,28,31H,6,8,17,29H2,1,3-5H3/b18-9+,20-14+,30-19-. The van der Waals surface area contributed by atoms with E-state index in [2.05, 4.69) is 30.0 Å². The Hall–Kier alpha value is -3.13. The molecule has 0 amide bonds. The number of benzene rings is 2. The van der Waals surface area contributed by atoms with E-state index in [0.29, 0.717) is 12.2 Å². The lowest BCUT2D eigenvalue weighted by Crippen LogP contribution is -2.24. The fourth-order valence-corrected chi connectivity index (χ4v) is 3.98. The first-order valence-corrected chi connectivity index (χ1v) is 11.1. The Labute approximate surface area is 191 Å². The van der Waals surface area contributed by atoms with E-state index in [1.165, 1.54) is 0 Å². The number of aliphatic hydroxyl groups excluding tert-OH is 1. The van der Waals surface area contributed by atoms with Crippen LogP contribution in [0.2, 0.25) is 0 Å². The smallest absolute Gasteiger partial charge is 0.135 e. The number of ether oxygens (including phenoxy) is 1. The highest BCUT2D eigenvalue weighted by atomic mass is 16.5. The zero-order valence-electron chi connectivity index (χ0n) is 19.4. The molecule has 0 aliphatic heterocycles. The van der Waals surface area contributed by atoms with Crippen molar-refractivity contribution in [3.63, 3.8) is 0 Å². The van der Waals surface area contributed by atoms with Gasteiger partial charge in [-0.1, -0.05) is 43.5 Å². The molecule has 0 bridgehead atoms. The molecule has 4 nitrogen and oxygen atoms in total. The molecular formula is C28H32N2O2. The topological polar surface area (TPSA) is 67.8 Å². The molecular weight excluding hydrogens is 396 g/mol. The summed E-state index contributed by atoms with van der Waals surface area (Å²) in [6, 6.07) is 11.5. The van der Waals surface area contributed by atoms with Gasteiger partial charge in [0, 0.05) is 28.6 Å². The lowest BCUT2D eigenvalue weighted by molar-refractivity contribution is 0.159. The molecule has 0 saturated carbocycles. The zero-order valence-corrected chi connectivity index (χ0v) is 19.4. The van der Waals surface area contributed by atoms with E-state index in [4.69, 9.17) is 16.9 Å². The molecule has 2 atom stereocenters. The summed E-state index contributed by atoms with van der Waals surface area (Å²) in [6.07, 6.45) is 11.9. The van der Waals surface area contributed by atoms with Crippen LogP contribution in [0.25, 0.3) is 11.1 Å². The molecule has 3 N–H and O–H groups in total. The fraction of sp³-hybridized carbons (Fsp3) is 0.321. The predicted molar refractivity (Wildman–Crippen MR) is 133 cm³/mol. The second-order valence-electron chi connectivity index (χ2n) is 8.33. The normalized spacial score (nSPS) is 19.0. The Morgan fingerprint density at radius 2 is 2.03 bits per heavy atom. The van der Waals surface area contributed by atoms with Gasteiger partial charge in [-0.3, -0.25) is 4.99 Å². The van der Waals surface area contributed by atoms with Crippen LogP contribution in [-0.4, -0.2) is 16.9 Å². The second kappa shape index (κ2) is 10.5. The van der Waals surface area contributed by atoms with Crippen LogP contribution in [0.15, 0.2) is 65.0 Å². The minimum absolute atomic E-state index is 0.262. The number of nitrogens with zero attached hydrogens (tertiary/aromatic N) is 1. The summed E-state index contributed by atoms with van der Waals surface area (Å²) in [5.74, 6) is 4.09. The minimum atomic E-state index is -0.610. The van der Waals surface area contributed by atoms with Crippen molar-refractivity contribution in [3.05, 3.63) is 76.7 Å². The van der Waals surface area contributed by atoms with Gasteiger partial charge in [-0.25, -0.2) is 0 Å². The average molecular weight is 429 g/mol. The molecule has 0 radical (unpaired) electrons. The lowest BCUT2D eigenvalue weighted by Gasteiger charge is -2.14. The van der Waals surface area contributed by atoms with E-state index >= 15 is 0 Å². The highest BCUT2D eigenvalue weighted by molar-refractivity contribution is 5.93. The van der Waals surface area contributed by atoms with E-state index < -0.39 is 6.10 Å². The quantitative estimate of drug-likeness (QED) is 0.338. The Kier molecular flexibility index (Phi) is 7.69. The fourth-order valence-electron chi connectivity index (χ4n) is 3.98. The molecule has 4 heteroatoms. The SMILES string of the molecule is C#Cc1ccc(-c2ccc3c(c2)CC(N)C3O)c(O/C(C)=C/C(C)=N\C(C)=C\CCC)c1. The third kappa shape index (κ3) is 5.56. The van der Waals surface area contributed by atoms with Crippen LogP contribution in [0.1, 0.15) is 63.3 Å². The van der Waals surface area contributed by atoms with Gasteiger partial charge in [-0.05, 0) is 74.6 Å². The van der Waals surface area contributed by atoms with Crippen LogP contribution in [-0.2, 0) is 6.42 Å². The Morgan fingerprint density at radius 1 is 1.25 bits per heavy atom. The highest BCUT2D eigenvalue weighted by Gasteiger charge is 2.28. The van der Waals surface area contributed by atoms with Crippen LogP contribution >= 0.6 is 0 Å². The average Bonchev–Trinajstić information content (AvgIpc) is 3.04. The zero-order chi connectivity index (χ0) is 23.3. The molecule has 32 heavy (non-hydrogen) atoms. The van der Waals surface area contributed by atoms with E-state index in [1.54, 1.807) is 0 Å². The van der Waals surface area contributed by atoms with Crippen LogP contribution in [0, 0.1) is 12.3 Å². The maximum atomic E-state index is 10.3. The summed E-state index contributed by atoms with van der Waals surface area (Å²) in [7, 11) is 0. The number of nitrogens with two attached hydrogens (primary N) is 1. The number of unbranched alkanes of at least 4 members (excludes halogenated alkanes) is 1. The van der Waals surface area contributed by atoms with Gasteiger partial charge >= 0.3 is 0 Å². The summed E-state index contributed by atoms with van der Waals surface area (Å²) in [5.41, 5.74) is 12.6. The van der Waals surface area contributed by atoms with E-state index in [1.807, 2.05) is 57.2 Å². The van der Waals surface area contributed by atoms with Gasteiger partial charge < -0.3 is 15.6 Å². The van der Waals surface area contributed by atoms with Crippen molar-refractivity contribution in [1.29, 1.82) is 0 Å². The second-order valence-corrected chi connectivity index (χ2v) is 8.33. The molecule has 0 fully saturated rings.